The van der Waals surface area contributed by atoms with E-state index in [0.717, 1.165) is 25.9 Å². The molecule has 5 nitrogen and oxygen atoms in total. The lowest BCUT2D eigenvalue weighted by Gasteiger charge is -2.16. The van der Waals surface area contributed by atoms with Crippen molar-refractivity contribution in [3.63, 3.8) is 0 Å². The van der Waals surface area contributed by atoms with Crippen molar-refractivity contribution in [2.24, 2.45) is 0 Å². The molecule has 1 aromatic rings. The Morgan fingerprint density at radius 3 is 2.50 bits per heavy atom. The number of aromatic nitrogens is 2. The highest BCUT2D eigenvalue weighted by Crippen LogP contribution is 2.22. The fraction of sp³-hybridized carbons (Fsp3) is 0.636. The Bertz CT molecular complexity index is 433. The predicted molar refractivity (Wildman–Crippen MR) is 62.1 cm³/mol. The van der Waals surface area contributed by atoms with E-state index in [4.69, 9.17) is 0 Å². The maximum atomic E-state index is 11.8. The van der Waals surface area contributed by atoms with E-state index in [-0.39, 0.29) is 17.4 Å². The fourth-order valence-corrected chi connectivity index (χ4v) is 2.06. The minimum atomic E-state index is -0.232. The Balaban J connectivity index is 2.40. The molecule has 2 N–H and O–H groups in total. The number of nitrogens with one attached hydrogen (secondary N) is 1. The van der Waals surface area contributed by atoms with Gasteiger partial charge in [-0.15, -0.1) is 0 Å². The van der Waals surface area contributed by atoms with Crippen molar-refractivity contribution in [2.45, 2.75) is 32.6 Å². The third-order valence-electron chi connectivity index (χ3n) is 2.91. The van der Waals surface area contributed by atoms with Gasteiger partial charge in [0.15, 0.2) is 0 Å². The van der Waals surface area contributed by atoms with E-state index in [9.17, 15) is 9.90 Å². The van der Waals surface area contributed by atoms with E-state index in [1.807, 2.05) is 18.7 Å². The molecule has 1 aliphatic heterocycles. The van der Waals surface area contributed by atoms with E-state index in [1.54, 1.807) is 0 Å². The van der Waals surface area contributed by atoms with Crippen molar-refractivity contribution in [3.05, 3.63) is 15.9 Å². The van der Waals surface area contributed by atoms with Crippen LogP contribution in [0.25, 0.3) is 0 Å². The molecule has 1 fully saturated rings. The van der Waals surface area contributed by atoms with Gasteiger partial charge in [0, 0.05) is 13.1 Å². The third kappa shape index (κ3) is 1.89. The minimum Gasteiger partial charge on any atom is -0.493 e. The van der Waals surface area contributed by atoms with Crippen LogP contribution in [0.3, 0.4) is 0 Å². The van der Waals surface area contributed by atoms with E-state index < -0.39 is 0 Å². The topological polar surface area (TPSA) is 69.2 Å². The van der Waals surface area contributed by atoms with Gasteiger partial charge in [0.25, 0.3) is 5.56 Å². The molecule has 1 saturated heterocycles. The molecule has 88 valence electrons. The Morgan fingerprint density at radius 1 is 1.38 bits per heavy atom. The Morgan fingerprint density at radius 2 is 2.00 bits per heavy atom. The summed E-state index contributed by atoms with van der Waals surface area (Å²) in [4.78, 5) is 20.6. The average Bonchev–Trinajstić information content (AvgIpc) is 2.67. The van der Waals surface area contributed by atoms with Crippen molar-refractivity contribution >= 4 is 5.95 Å². The smallest absolute Gasteiger partial charge is 0.259 e. The van der Waals surface area contributed by atoms with Crippen LogP contribution in [-0.2, 0) is 0 Å². The van der Waals surface area contributed by atoms with Crippen LogP contribution in [-0.4, -0.2) is 28.2 Å². The van der Waals surface area contributed by atoms with Crippen LogP contribution >= 0.6 is 0 Å². The molecular formula is C11H17N3O2. The summed E-state index contributed by atoms with van der Waals surface area (Å²) in [6.07, 6.45) is 2.22. The molecular weight excluding hydrogens is 206 g/mol. The van der Waals surface area contributed by atoms with E-state index in [2.05, 4.69) is 9.97 Å². The van der Waals surface area contributed by atoms with Crippen molar-refractivity contribution < 1.29 is 5.11 Å². The molecule has 0 radical (unpaired) electrons. The highest BCUT2D eigenvalue weighted by Gasteiger charge is 2.19. The van der Waals surface area contributed by atoms with E-state index in [1.165, 1.54) is 0 Å². The van der Waals surface area contributed by atoms with Crippen molar-refractivity contribution in [2.75, 3.05) is 18.0 Å². The lowest BCUT2D eigenvalue weighted by Crippen LogP contribution is -2.25. The van der Waals surface area contributed by atoms with Crippen molar-refractivity contribution in [1.29, 1.82) is 0 Å². The first-order valence-corrected chi connectivity index (χ1v) is 5.67. The van der Waals surface area contributed by atoms with Crippen molar-refractivity contribution in [1.82, 2.24) is 9.97 Å². The van der Waals surface area contributed by atoms with Crippen LogP contribution in [0.15, 0.2) is 4.79 Å². The van der Waals surface area contributed by atoms with Crippen LogP contribution in [0.1, 0.15) is 38.2 Å². The van der Waals surface area contributed by atoms with Crippen LogP contribution in [0.2, 0.25) is 0 Å². The summed E-state index contributed by atoms with van der Waals surface area (Å²) >= 11 is 0. The molecule has 0 spiro atoms. The van der Waals surface area contributed by atoms with Crippen LogP contribution in [0, 0.1) is 0 Å². The first kappa shape index (κ1) is 11.0. The lowest BCUT2D eigenvalue weighted by atomic mass is 10.1. The molecule has 0 amide bonds. The van der Waals surface area contributed by atoms with Crippen LogP contribution < -0.4 is 10.5 Å². The monoisotopic (exact) mass is 223 g/mol. The molecule has 0 saturated carbocycles. The van der Waals surface area contributed by atoms with Gasteiger partial charge in [-0.25, -0.2) is 0 Å². The van der Waals surface area contributed by atoms with Gasteiger partial charge in [0.2, 0.25) is 11.8 Å². The number of aromatic hydroxyl groups is 1. The zero-order valence-corrected chi connectivity index (χ0v) is 9.66. The summed E-state index contributed by atoms with van der Waals surface area (Å²) in [6.45, 7) is 5.51. The molecule has 5 heteroatoms. The molecule has 2 rings (SSSR count). The Labute approximate surface area is 94.1 Å². The Hall–Kier alpha value is -1.52. The summed E-state index contributed by atoms with van der Waals surface area (Å²) < 4.78 is 0. The van der Waals surface area contributed by atoms with Gasteiger partial charge in [-0.3, -0.25) is 9.78 Å². The molecule has 1 aromatic heterocycles. The number of hydrogen-bond donors (Lipinski definition) is 2. The van der Waals surface area contributed by atoms with E-state index in [0.29, 0.717) is 11.5 Å². The molecule has 0 aliphatic carbocycles. The SMILES string of the molecule is CC(C)c1c(O)nc(N2CCCC2)[nH]c1=O. The maximum Gasteiger partial charge on any atom is 0.259 e. The van der Waals surface area contributed by atoms with Crippen LogP contribution in [0.5, 0.6) is 5.88 Å². The molecule has 0 aromatic carbocycles. The fourth-order valence-electron chi connectivity index (χ4n) is 2.06. The van der Waals surface area contributed by atoms with Gasteiger partial charge in [-0.05, 0) is 18.8 Å². The number of hydrogen-bond acceptors (Lipinski definition) is 4. The average molecular weight is 223 g/mol. The first-order valence-electron chi connectivity index (χ1n) is 5.67. The minimum absolute atomic E-state index is 0.0242. The van der Waals surface area contributed by atoms with Crippen molar-refractivity contribution in [3.8, 4) is 5.88 Å². The first-order chi connectivity index (χ1) is 7.59. The number of rotatable bonds is 2. The predicted octanol–water partition coefficient (Wildman–Crippen LogP) is 1.20. The summed E-state index contributed by atoms with van der Waals surface area (Å²) in [5.41, 5.74) is 0.132. The summed E-state index contributed by atoms with van der Waals surface area (Å²) in [5, 5.41) is 9.75. The number of nitrogens with zero attached hydrogens (tertiary/aromatic N) is 2. The molecule has 2 heterocycles. The summed E-state index contributed by atoms with van der Waals surface area (Å²) in [5.74, 6) is 0.328. The molecule has 0 bridgehead atoms. The standard InChI is InChI=1S/C11H17N3O2/c1-7(2)8-9(15)12-11(13-10(8)16)14-5-3-4-6-14/h7H,3-6H2,1-2H3,(H2,12,13,15,16). The van der Waals surface area contributed by atoms with E-state index >= 15 is 0 Å². The number of H-pyrrole nitrogens is 1. The van der Waals surface area contributed by atoms with Gasteiger partial charge >= 0.3 is 0 Å². The third-order valence-corrected chi connectivity index (χ3v) is 2.91. The molecule has 1 aliphatic rings. The second kappa shape index (κ2) is 4.15. The second-order valence-corrected chi connectivity index (χ2v) is 4.48. The summed E-state index contributed by atoms with van der Waals surface area (Å²) in [6, 6.07) is 0. The lowest BCUT2D eigenvalue weighted by molar-refractivity contribution is 0.439. The Kier molecular flexibility index (Phi) is 2.85. The largest absolute Gasteiger partial charge is 0.493 e. The number of aromatic amines is 1. The number of anilines is 1. The molecule has 0 unspecified atom stereocenters. The molecule has 16 heavy (non-hydrogen) atoms. The van der Waals surface area contributed by atoms with Gasteiger partial charge in [0.05, 0.1) is 5.56 Å². The van der Waals surface area contributed by atoms with Gasteiger partial charge in [0.1, 0.15) is 0 Å². The highest BCUT2D eigenvalue weighted by atomic mass is 16.3. The maximum absolute atomic E-state index is 11.8. The second-order valence-electron chi connectivity index (χ2n) is 4.48. The van der Waals surface area contributed by atoms with Gasteiger partial charge in [-0.1, -0.05) is 13.8 Å². The zero-order chi connectivity index (χ0) is 11.7. The summed E-state index contributed by atoms with van der Waals surface area (Å²) in [7, 11) is 0. The zero-order valence-electron chi connectivity index (χ0n) is 9.66. The quantitative estimate of drug-likeness (QED) is 0.790. The molecule has 0 atom stereocenters. The van der Waals surface area contributed by atoms with Crippen LogP contribution in [0.4, 0.5) is 5.95 Å². The normalized spacial score (nSPS) is 16.1. The van der Waals surface area contributed by atoms with Gasteiger partial charge in [-0.2, -0.15) is 4.98 Å². The highest BCUT2D eigenvalue weighted by molar-refractivity contribution is 5.37. The van der Waals surface area contributed by atoms with Gasteiger partial charge < -0.3 is 10.0 Å².